The van der Waals surface area contributed by atoms with Gasteiger partial charge in [0.2, 0.25) is 0 Å². The van der Waals surface area contributed by atoms with E-state index in [1.165, 1.54) is 6.92 Å². The molecule has 0 aromatic heterocycles. The summed E-state index contributed by atoms with van der Waals surface area (Å²) in [5.74, 6) is 0.507. The molecule has 7 nitrogen and oxygen atoms in total. The van der Waals surface area contributed by atoms with Crippen LogP contribution in [0.1, 0.15) is 46.9 Å². The molecular formula is C27H32N2O5. The van der Waals surface area contributed by atoms with Crippen LogP contribution in [0.15, 0.2) is 54.6 Å². The van der Waals surface area contributed by atoms with Gasteiger partial charge in [0.1, 0.15) is 11.9 Å². The smallest absolute Gasteiger partial charge is 0.303 e. The second-order valence-corrected chi connectivity index (χ2v) is 9.02. The maximum atomic E-state index is 13.0. The molecule has 0 spiro atoms. The largest absolute Gasteiger partial charge is 0.497 e. The number of hydrogen-bond donors (Lipinski definition) is 0. The van der Waals surface area contributed by atoms with Gasteiger partial charge in [0, 0.05) is 30.5 Å². The molecule has 180 valence electrons. The summed E-state index contributed by atoms with van der Waals surface area (Å²) in [6.45, 7) is 3.93. The van der Waals surface area contributed by atoms with Crippen molar-refractivity contribution < 1.29 is 23.9 Å². The van der Waals surface area contributed by atoms with Gasteiger partial charge in [0.15, 0.2) is 5.78 Å². The summed E-state index contributed by atoms with van der Waals surface area (Å²) >= 11 is 0. The quantitative estimate of drug-likeness (QED) is 0.482. The number of ketones is 1. The fourth-order valence-corrected chi connectivity index (χ4v) is 5.08. The number of rotatable bonds is 6. The van der Waals surface area contributed by atoms with Crippen molar-refractivity contribution >= 4 is 17.7 Å². The molecule has 2 aromatic rings. The molecule has 1 amide bonds. The molecule has 4 rings (SSSR count). The summed E-state index contributed by atoms with van der Waals surface area (Å²) < 4.78 is 10.9. The number of amides is 1. The van der Waals surface area contributed by atoms with Crippen molar-refractivity contribution in [3.8, 4) is 5.75 Å². The lowest BCUT2D eigenvalue weighted by molar-refractivity contribution is -0.153. The molecule has 2 atom stereocenters. The first-order valence-corrected chi connectivity index (χ1v) is 11.9. The van der Waals surface area contributed by atoms with E-state index in [0.29, 0.717) is 24.2 Å². The van der Waals surface area contributed by atoms with Crippen LogP contribution in [0.3, 0.4) is 0 Å². The van der Waals surface area contributed by atoms with Gasteiger partial charge in [-0.15, -0.1) is 0 Å². The van der Waals surface area contributed by atoms with Crippen molar-refractivity contribution in [3.63, 3.8) is 0 Å². The first-order valence-electron chi connectivity index (χ1n) is 11.9. The highest BCUT2D eigenvalue weighted by atomic mass is 16.5. The molecule has 34 heavy (non-hydrogen) atoms. The van der Waals surface area contributed by atoms with Crippen LogP contribution in [0.4, 0.5) is 0 Å². The van der Waals surface area contributed by atoms with Gasteiger partial charge < -0.3 is 14.4 Å². The maximum Gasteiger partial charge on any atom is 0.303 e. The molecule has 0 N–H and O–H groups in total. The second kappa shape index (κ2) is 10.8. The van der Waals surface area contributed by atoms with Crippen LogP contribution in [0.5, 0.6) is 5.75 Å². The van der Waals surface area contributed by atoms with E-state index in [1.807, 2.05) is 42.5 Å². The number of hydrogen-bond acceptors (Lipinski definition) is 6. The molecule has 2 aromatic carbocycles. The topological polar surface area (TPSA) is 76.2 Å². The van der Waals surface area contributed by atoms with E-state index in [4.69, 9.17) is 9.47 Å². The third-order valence-corrected chi connectivity index (χ3v) is 6.89. The van der Waals surface area contributed by atoms with Gasteiger partial charge in [-0.25, -0.2) is 0 Å². The Bertz CT molecular complexity index is 999. The number of likely N-dealkylation sites (tertiary alicyclic amines) is 2. The predicted molar refractivity (Wildman–Crippen MR) is 128 cm³/mol. The van der Waals surface area contributed by atoms with Gasteiger partial charge in [0.05, 0.1) is 19.7 Å². The number of carbonyl (C=O) groups is 3. The first kappa shape index (κ1) is 24.0. The normalized spacial score (nSPS) is 21.6. The van der Waals surface area contributed by atoms with Crippen LogP contribution in [-0.4, -0.2) is 72.9 Å². The number of nitrogens with zero attached hydrogens (tertiary/aromatic N) is 2. The Kier molecular flexibility index (Phi) is 7.63. The molecule has 2 aliphatic heterocycles. The van der Waals surface area contributed by atoms with Crippen molar-refractivity contribution in [2.45, 2.75) is 38.3 Å². The minimum absolute atomic E-state index is 0.0171. The number of esters is 1. The fourth-order valence-electron chi connectivity index (χ4n) is 5.08. The van der Waals surface area contributed by atoms with Crippen molar-refractivity contribution in [3.05, 3.63) is 65.7 Å². The number of methoxy groups -OCH3 is 1. The van der Waals surface area contributed by atoms with Gasteiger partial charge in [-0.3, -0.25) is 19.3 Å². The van der Waals surface area contributed by atoms with Crippen molar-refractivity contribution in [2.24, 2.45) is 5.92 Å². The summed E-state index contributed by atoms with van der Waals surface area (Å²) in [4.78, 5) is 41.8. The van der Waals surface area contributed by atoms with Gasteiger partial charge in [-0.1, -0.05) is 18.2 Å². The van der Waals surface area contributed by atoms with Crippen LogP contribution in [-0.2, 0) is 9.53 Å². The lowest BCUT2D eigenvalue weighted by Crippen LogP contribution is -2.58. The molecule has 2 saturated heterocycles. The van der Waals surface area contributed by atoms with Crippen molar-refractivity contribution in [2.75, 3.05) is 33.3 Å². The van der Waals surface area contributed by atoms with Crippen LogP contribution in [0.2, 0.25) is 0 Å². The zero-order chi connectivity index (χ0) is 24.1. The zero-order valence-electron chi connectivity index (χ0n) is 19.8. The summed E-state index contributed by atoms with van der Waals surface area (Å²) in [7, 11) is 1.61. The standard InChI is InChI=1S/C27H32N2O5/c1-19(30)34-25-18-29(27(32)22-6-4-3-5-7-22)17-14-24(25)28-15-12-21(13-16-28)26(31)20-8-10-23(33-2)11-9-20/h3-11,21,24-25H,12-18H2,1-2H3/t24-,25-/m0/s1. The van der Waals surface area contributed by atoms with E-state index in [0.717, 1.165) is 38.1 Å². The molecule has 0 aliphatic carbocycles. The van der Waals surface area contributed by atoms with E-state index >= 15 is 0 Å². The Hall–Kier alpha value is -3.19. The predicted octanol–water partition coefficient (Wildman–Crippen LogP) is 3.44. The Balaban J connectivity index is 1.38. The molecule has 0 bridgehead atoms. The fraction of sp³-hybridized carbons (Fsp3) is 0.444. The third-order valence-electron chi connectivity index (χ3n) is 6.89. The second-order valence-electron chi connectivity index (χ2n) is 9.02. The molecule has 2 aliphatic rings. The maximum absolute atomic E-state index is 13.0. The van der Waals surface area contributed by atoms with E-state index in [-0.39, 0.29) is 35.7 Å². The lowest BCUT2D eigenvalue weighted by atomic mass is 9.87. The number of carbonyl (C=O) groups excluding carboxylic acids is 3. The van der Waals surface area contributed by atoms with Gasteiger partial charge in [-0.2, -0.15) is 0 Å². The van der Waals surface area contributed by atoms with Crippen molar-refractivity contribution in [1.82, 2.24) is 9.80 Å². The average molecular weight is 465 g/mol. The molecule has 0 unspecified atom stereocenters. The Morgan fingerprint density at radius 2 is 1.53 bits per heavy atom. The molecule has 0 radical (unpaired) electrons. The Morgan fingerprint density at radius 1 is 0.853 bits per heavy atom. The van der Waals surface area contributed by atoms with Gasteiger partial charge in [-0.05, 0) is 68.8 Å². The zero-order valence-corrected chi connectivity index (χ0v) is 19.8. The molecule has 7 heteroatoms. The van der Waals surface area contributed by atoms with E-state index < -0.39 is 0 Å². The Morgan fingerprint density at radius 3 is 2.15 bits per heavy atom. The highest BCUT2D eigenvalue weighted by Gasteiger charge is 2.39. The number of Topliss-reactive ketones (excluding diaryl/α,β-unsaturated/α-hetero) is 1. The molecule has 2 fully saturated rings. The molecule has 2 heterocycles. The molecule has 0 saturated carbocycles. The SMILES string of the molecule is COc1ccc(C(=O)C2CCN([C@H]3CCN(C(=O)c4ccccc4)C[C@@H]3OC(C)=O)CC2)cc1. The van der Waals surface area contributed by atoms with Crippen LogP contribution < -0.4 is 4.74 Å². The van der Waals surface area contributed by atoms with Gasteiger partial charge >= 0.3 is 5.97 Å². The van der Waals surface area contributed by atoms with Gasteiger partial charge in [0.25, 0.3) is 5.91 Å². The highest BCUT2D eigenvalue weighted by molar-refractivity contribution is 5.98. The number of piperidine rings is 2. The van der Waals surface area contributed by atoms with Crippen LogP contribution in [0, 0.1) is 5.92 Å². The number of benzene rings is 2. The minimum atomic E-state index is -0.382. The van der Waals surface area contributed by atoms with Crippen molar-refractivity contribution in [1.29, 1.82) is 0 Å². The third kappa shape index (κ3) is 5.47. The van der Waals surface area contributed by atoms with E-state index in [1.54, 1.807) is 24.1 Å². The van der Waals surface area contributed by atoms with E-state index in [9.17, 15) is 14.4 Å². The Labute approximate surface area is 200 Å². The summed E-state index contributed by atoms with van der Waals surface area (Å²) in [5.41, 5.74) is 1.35. The lowest BCUT2D eigenvalue weighted by Gasteiger charge is -2.45. The minimum Gasteiger partial charge on any atom is -0.497 e. The van der Waals surface area contributed by atoms with Crippen LogP contribution in [0.25, 0.3) is 0 Å². The number of ether oxygens (including phenoxy) is 2. The summed E-state index contributed by atoms with van der Waals surface area (Å²) in [5, 5.41) is 0. The monoisotopic (exact) mass is 464 g/mol. The summed E-state index contributed by atoms with van der Waals surface area (Å²) in [6.07, 6.45) is 1.88. The van der Waals surface area contributed by atoms with Crippen LogP contribution >= 0.6 is 0 Å². The first-order chi connectivity index (χ1) is 16.5. The average Bonchev–Trinajstić information content (AvgIpc) is 2.88. The van der Waals surface area contributed by atoms with E-state index in [2.05, 4.69) is 4.90 Å². The molecular weight excluding hydrogens is 432 g/mol. The highest BCUT2D eigenvalue weighted by Crippen LogP contribution is 2.28. The summed E-state index contributed by atoms with van der Waals surface area (Å²) in [6, 6.07) is 16.5.